The van der Waals surface area contributed by atoms with Gasteiger partial charge in [-0.25, -0.2) is 0 Å². The van der Waals surface area contributed by atoms with Gasteiger partial charge < -0.3 is 20.4 Å². The number of fused-ring (bicyclic) bond motifs is 2. The fourth-order valence-electron chi connectivity index (χ4n) is 5.36. The number of hydrogen-bond acceptors (Lipinski definition) is 5. The van der Waals surface area contributed by atoms with Crippen molar-refractivity contribution in [1.82, 2.24) is 25.4 Å². The summed E-state index contributed by atoms with van der Waals surface area (Å²) in [6, 6.07) is 12.9. The Hall–Kier alpha value is -3.75. The summed E-state index contributed by atoms with van der Waals surface area (Å²) in [4.78, 5) is 61.2. The predicted octanol–water partition coefficient (Wildman–Crippen LogP) is 2.66. The molecular weight excluding hydrogens is 494 g/mol. The van der Waals surface area contributed by atoms with E-state index < -0.39 is 11.4 Å². The van der Waals surface area contributed by atoms with Gasteiger partial charge in [0.25, 0.3) is 5.91 Å². The second-order valence-corrected chi connectivity index (χ2v) is 10.9. The molecule has 4 amide bonds. The molecule has 0 saturated carbocycles. The van der Waals surface area contributed by atoms with Crippen LogP contribution in [0, 0.1) is 5.92 Å². The first-order valence-electron chi connectivity index (χ1n) is 14.0. The first-order valence-corrected chi connectivity index (χ1v) is 14.0. The Labute approximate surface area is 230 Å². The van der Waals surface area contributed by atoms with Crippen LogP contribution in [-0.4, -0.2) is 71.1 Å². The fourth-order valence-corrected chi connectivity index (χ4v) is 5.36. The molecule has 2 heterocycles. The van der Waals surface area contributed by atoms with E-state index in [0.717, 1.165) is 24.0 Å². The number of amides is 4. The molecule has 1 unspecified atom stereocenters. The van der Waals surface area contributed by atoms with Crippen LogP contribution in [0.1, 0.15) is 67.6 Å². The van der Waals surface area contributed by atoms with Crippen molar-refractivity contribution in [3.8, 4) is 0 Å². The lowest BCUT2D eigenvalue weighted by molar-refractivity contribution is -0.139. The number of carbonyl (C=O) groups excluding carboxylic acids is 4. The van der Waals surface area contributed by atoms with Gasteiger partial charge in [0.05, 0.1) is 6.54 Å². The molecule has 1 aromatic heterocycles. The van der Waals surface area contributed by atoms with Gasteiger partial charge in [0.15, 0.2) is 0 Å². The average molecular weight is 534 g/mol. The van der Waals surface area contributed by atoms with E-state index in [1.54, 1.807) is 24.4 Å². The summed E-state index contributed by atoms with van der Waals surface area (Å²) in [7, 11) is 0. The molecule has 1 fully saturated rings. The molecule has 2 aliphatic rings. The smallest absolute Gasteiger partial charge is 0.272 e. The largest absolute Gasteiger partial charge is 0.354 e. The molecule has 0 radical (unpaired) electrons. The Bertz CT molecular complexity index is 1180. The monoisotopic (exact) mass is 533 g/mol. The molecule has 1 aliphatic carbocycles. The maximum atomic E-state index is 13.7. The quantitative estimate of drug-likeness (QED) is 0.628. The van der Waals surface area contributed by atoms with Gasteiger partial charge in [-0.15, -0.1) is 0 Å². The van der Waals surface area contributed by atoms with Crippen molar-refractivity contribution >= 4 is 23.6 Å². The highest BCUT2D eigenvalue weighted by Crippen LogP contribution is 2.36. The molecule has 2 N–H and O–H groups in total. The van der Waals surface area contributed by atoms with E-state index in [4.69, 9.17) is 0 Å². The van der Waals surface area contributed by atoms with Crippen molar-refractivity contribution in [2.45, 2.75) is 57.9 Å². The van der Waals surface area contributed by atoms with Gasteiger partial charge in [-0.3, -0.25) is 24.2 Å². The van der Waals surface area contributed by atoms with Crippen LogP contribution in [-0.2, 0) is 26.3 Å². The minimum atomic E-state index is -1.18. The summed E-state index contributed by atoms with van der Waals surface area (Å²) in [5.41, 5.74) is 0.964. The lowest BCUT2D eigenvalue weighted by atomic mass is 9.75. The van der Waals surface area contributed by atoms with Crippen LogP contribution in [0.25, 0.3) is 0 Å². The van der Waals surface area contributed by atoms with Crippen LogP contribution in [0.5, 0.6) is 0 Å². The Morgan fingerprint density at radius 3 is 2.59 bits per heavy atom. The summed E-state index contributed by atoms with van der Waals surface area (Å²) in [5, 5.41) is 6.10. The normalized spacial score (nSPS) is 21.3. The van der Waals surface area contributed by atoms with Crippen LogP contribution < -0.4 is 10.6 Å². The lowest BCUT2D eigenvalue weighted by Gasteiger charge is -2.39. The van der Waals surface area contributed by atoms with Crippen LogP contribution in [0.2, 0.25) is 0 Å². The molecular formula is C30H39N5O4. The highest BCUT2D eigenvalue weighted by Gasteiger charge is 2.44. The molecule has 9 heteroatoms. The zero-order chi connectivity index (χ0) is 27.8. The van der Waals surface area contributed by atoms with Gasteiger partial charge in [-0.2, -0.15) is 0 Å². The number of carbonyl (C=O) groups is 4. The highest BCUT2D eigenvalue weighted by molar-refractivity contribution is 5.97. The molecule has 1 spiro atoms. The SMILES string of the molecule is CC(C)CCN1CC(=O)NC2(CCCc3ccccc32)C(=O)NCCCCN(C(=O)c2ccccn2)CC1=O. The summed E-state index contributed by atoms with van der Waals surface area (Å²) >= 11 is 0. The fraction of sp³-hybridized carbons (Fsp3) is 0.500. The average Bonchev–Trinajstić information content (AvgIpc) is 2.93. The number of aryl methyl sites for hydroxylation is 1. The summed E-state index contributed by atoms with van der Waals surface area (Å²) in [6.07, 6.45) is 5.59. The molecule has 208 valence electrons. The number of nitrogens with zero attached hydrogens (tertiary/aromatic N) is 3. The maximum Gasteiger partial charge on any atom is 0.272 e. The Morgan fingerprint density at radius 1 is 1.03 bits per heavy atom. The zero-order valence-electron chi connectivity index (χ0n) is 22.9. The van der Waals surface area contributed by atoms with Crippen molar-refractivity contribution in [3.63, 3.8) is 0 Å². The Morgan fingerprint density at radius 2 is 1.82 bits per heavy atom. The Kier molecular flexibility index (Phi) is 9.32. The number of benzene rings is 1. The van der Waals surface area contributed by atoms with E-state index in [2.05, 4.69) is 29.5 Å². The van der Waals surface area contributed by atoms with E-state index in [9.17, 15) is 19.2 Å². The van der Waals surface area contributed by atoms with Crippen molar-refractivity contribution in [3.05, 3.63) is 65.5 Å². The number of nitrogens with one attached hydrogen (secondary N) is 2. The third kappa shape index (κ3) is 6.82. The van der Waals surface area contributed by atoms with Crippen LogP contribution in [0.4, 0.5) is 0 Å². The van der Waals surface area contributed by atoms with Crippen molar-refractivity contribution in [1.29, 1.82) is 0 Å². The van der Waals surface area contributed by atoms with Gasteiger partial charge in [0.1, 0.15) is 17.8 Å². The molecule has 1 saturated heterocycles. The summed E-state index contributed by atoms with van der Waals surface area (Å²) in [5.74, 6) is -0.927. The molecule has 1 aliphatic heterocycles. The zero-order valence-corrected chi connectivity index (χ0v) is 22.9. The van der Waals surface area contributed by atoms with Crippen LogP contribution in [0.15, 0.2) is 48.7 Å². The Balaban J connectivity index is 1.62. The van der Waals surface area contributed by atoms with E-state index in [0.29, 0.717) is 51.2 Å². The standard InChI is InChI=1S/C30H39N5O4/c1-22(2)14-19-34-20-26(36)33-30(15-9-11-23-10-3-4-12-24(23)30)29(39)32-17-7-8-18-35(21-27(34)37)28(38)25-13-5-6-16-31-25/h3-6,10,12-13,16,22H,7-9,11,14-15,17-21H2,1-2H3,(H,32,39)(H,33,36). The second-order valence-electron chi connectivity index (χ2n) is 10.9. The minimum Gasteiger partial charge on any atom is -0.354 e. The number of rotatable bonds is 4. The van der Waals surface area contributed by atoms with E-state index >= 15 is 0 Å². The van der Waals surface area contributed by atoms with Crippen molar-refractivity contribution in [2.75, 3.05) is 32.7 Å². The molecule has 4 rings (SSSR count). The van der Waals surface area contributed by atoms with Gasteiger partial charge in [-0.1, -0.05) is 44.2 Å². The molecule has 1 atom stereocenters. The van der Waals surface area contributed by atoms with E-state index in [-0.39, 0.29) is 36.5 Å². The van der Waals surface area contributed by atoms with Gasteiger partial charge in [0.2, 0.25) is 17.7 Å². The van der Waals surface area contributed by atoms with E-state index in [1.807, 2.05) is 24.3 Å². The van der Waals surface area contributed by atoms with Crippen molar-refractivity contribution < 1.29 is 19.2 Å². The second kappa shape index (κ2) is 12.9. The molecule has 1 aromatic carbocycles. The maximum absolute atomic E-state index is 13.7. The van der Waals surface area contributed by atoms with Gasteiger partial charge >= 0.3 is 0 Å². The topological polar surface area (TPSA) is 112 Å². The molecule has 0 bridgehead atoms. The van der Waals surface area contributed by atoms with Crippen molar-refractivity contribution in [2.24, 2.45) is 5.92 Å². The van der Waals surface area contributed by atoms with Gasteiger partial charge in [-0.05, 0) is 67.7 Å². The van der Waals surface area contributed by atoms with Crippen LogP contribution in [0.3, 0.4) is 0 Å². The number of aromatic nitrogens is 1. The highest BCUT2D eigenvalue weighted by atomic mass is 16.2. The van der Waals surface area contributed by atoms with Crippen LogP contribution >= 0.6 is 0 Å². The van der Waals surface area contributed by atoms with E-state index in [1.165, 1.54) is 9.80 Å². The summed E-state index contributed by atoms with van der Waals surface area (Å²) < 4.78 is 0. The lowest BCUT2D eigenvalue weighted by Crippen LogP contribution is -2.60. The molecule has 39 heavy (non-hydrogen) atoms. The summed E-state index contributed by atoms with van der Waals surface area (Å²) in [6.45, 7) is 4.92. The predicted molar refractivity (Wildman–Crippen MR) is 148 cm³/mol. The number of hydrogen-bond donors (Lipinski definition) is 2. The minimum absolute atomic E-state index is 0.138. The third-order valence-electron chi connectivity index (χ3n) is 7.52. The molecule has 9 nitrogen and oxygen atoms in total. The third-order valence-corrected chi connectivity index (χ3v) is 7.52. The first-order chi connectivity index (χ1) is 18.8. The molecule has 2 aromatic rings. The number of pyridine rings is 1. The first kappa shape index (κ1) is 28.3. The van der Waals surface area contributed by atoms with Gasteiger partial charge in [0, 0.05) is 25.8 Å².